The highest BCUT2D eigenvalue weighted by Gasteiger charge is 2.24. The normalized spacial score (nSPS) is 13.8. The van der Waals surface area contributed by atoms with Crippen molar-refractivity contribution < 1.29 is 5.11 Å². The molecule has 0 radical (unpaired) electrons. The standard InChI is InChI=1S/C18H31NO/c1-6-18(7-2,8-3)19-13-17(20)16-11-9-15(10-12-16)14(4)5/h9-12,14,17,19-20H,6-8,13H2,1-5H3. The quantitative estimate of drug-likeness (QED) is 0.738. The van der Waals surface area contributed by atoms with Crippen LogP contribution in [0.4, 0.5) is 0 Å². The second-order valence-electron chi connectivity index (χ2n) is 6.06. The highest BCUT2D eigenvalue weighted by molar-refractivity contribution is 5.26. The molecule has 2 N–H and O–H groups in total. The molecule has 0 aromatic heterocycles. The number of aliphatic hydroxyl groups excluding tert-OH is 1. The number of β-amino-alcohol motifs (C(OH)–C–C–N with tert-alkyl or cyclic N) is 1. The van der Waals surface area contributed by atoms with Crippen LogP contribution in [-0.2, 0) is 0 Å². The van der Waals surface area contributed by atoms with E-state index in [1.165, 1.54) is 5.56 Å². The first-order chi connectivity index (χ1) is 9.48. The van der Waals surface area contributed by atoms with E-state index in [0.29, 0.717) is 12.5 Å². The molecule has 0 amide bonds. The van der Waals surface area contributed by atoms with Crippen molar-refractivity contribution in [3.05, 3.63) is 35.4 Å². The Morgan fingerprint density at radius 2 is 1.40 bits per heavy atom. The largest absolute Gasteiger partial charge is 0.387 e. The molecule has 1 rings (SSSR count). The number of hydrogen-bond donors (Lipinski definition) is 2. The molecule has 1 aromatic carbocycles. The summed E-state index contributed by atoms with van der Waals surface area (Å²) >= 11 is 0. The van der Waals surface area contributed by atoms with Crippen LogP contribution in [0.3, 0.4) is 0 Å². The van der Waals surface area contributed by atoms with Crippen molar-refractivity contribution in [2.45, 2.75) is 71.4 Å². The topological polar surface area (TPSA) is 32.3 Å². The molecule has 0 saturated carbocycles. The molecule has 2 heteroatoms. The lowest BCUT2D eigenvalue weighted by atomic mass is 9.89. The fourth-order valence-corrected chi connectivity index (χ4v) is 2.66. The minimum atomic E-state index is -0.430. The van der Waals surface area contributed by atoms with Crippen LogP contribution in [0.5, 0.6) is 0 Å². The van der Waals surface area contributed by atoms with E-state index in [4.69, 9.17) is 0 Å². The third kappa shape index (κ3) is 4.32. The van der Waals surface area contributed by atoms with Gasteiger partial charge in [-0.3, -0.25) is 0 Å². The molecule has 0 aliphatic rings. The van der Waals surface area contributed by atoms with Crippen molar-refractivity contribution >= 4 is 0 Å². The van der Waals surface area contributed by atoms with E-state index in [2.05, 4.69) is 52.1 Å². The summed E-state index contributed by atoms with van der Waals surface area (Å²) in [5.41, 5.74) is 2.48. The second kappa shape index (κ2) is 7.80. The second-order valence-corrected chi connectivity index (χ2v) is 6.06. The molecule has 114 valence electrons. The van der Waals surface area contributed by atoms with Gasteiger partial charge in [-0.1, -0.05) is 58.9 Å². The fourth-order valence-electron chi connectivity index (χ4n) is 2.66. The zero-order valence-corrected chi connectivity index (χ0v) is 13.7. The molecule has 0 aliphatic heterocycles. The van der Waals surface area contributed by atoms with E-state index >= 15 is 0 Å². The first-order valence-corrected chi connectivity index (χ1v) is 8.01. The Morgan fingerprint density at radius 3 is 1.80 bits per heavy atom. The average Bonchev–Trinajstić information content (AvgIpc) is 2.49. The molecule has 0 fully saturated rings. The van der Waals surface area contributed by atoms with Crippen molar-refractivity contribution in [2.24, 2.45) is 0 Å². The molecule has 1 aromatic rings. The Labute approximate surface area is 124 Å². The summed E-state index contributed by atoms with van der Waals surface area (Å²) < 4.78 is 0. The molecule has 0 saturated heterocycles. The van der Waals surface area contributed by atoms with Crippen molar-refractivity contribution in [3.63, 3.8) is 0 Å². The third-order valence-electron chi connectivity index (χ3n) is 4.69. The number of nitrogens with one attached hydrogen (secondary N) is 1. The molecule has 1 atom stereocenters. The number of benzene rings is 1. The summed E-state index contributed by atoms with van der Waals surface area (Å²) in [4.78, 5) is 0. The monoisotopic (exact) mass is 277 g/mol. The maximum atomic E-state index is 10.3. The van der Waals surface area contributed by atoms with Crippen LogP contribution in [0.25, 0.3) is 0 Å². The van der Waals surface area contributed by atoms with Gasteiger partial charge in [0.2, 0.25) is 0 Å². The molecular weight excluding hydrogens is 246 g/mol. The van der Waals surface area contributed by atoms with E-state index in [1.54, 1.807) is 0 Å². The zero-order chi connectivity index (χ0) is 15.2. The van der Waals surface area contributed by atoms with Crippen molar-refractivity contribution in [1.29, 1.82) is 0 Å². The molecule has 20 heavy (non-hydrogen) atoms. The van der Waals surface area contributed by atoms with Gasteiger partial charge in [-0.15, -0.1) is 0 Å². The summed E-state index contributed by atoms with van der Waals surface area (Å²) in [7, 11) is 0. The van der Waals surface area contributed by atoms with Crippen LogP contribution in [0, 0.1) is 0 Å². The maximum Gasteiger partial charge on any atom is 0.0914 e. The summed E-state index contributed by atoms with van der Waals surface area (Å²) in [6.45, 7) is 11.6. The van der Waals surface area contributed by atoms with Gasteiger partial charge >= 0.3 is 0 Å². The van der Waals surface area contributed by atoms with Crippen LogP contribution in [0.2, 0.25) is 0 Å². The van der Waals surface area contributed by atoms with Crippen LogP contribution in [0.1, 0.15) is 77.0 Å². The van der Waals surface area contributed by atoms with Gasteiger partial charge in [-0.25, -0.2) is 0 Å². The number of hydrogen-bond acceptors (Lipinski definition) is 2. The Balaban J connectivity index is 2.64. The molecule has 2 nitrogen and oxygen atoms in total. The van der Waals surface area contributed by atoms with Gasteiger partial charge in [0.15, 0.2) is 0 Å². The summed E-state index contributed by atoms with van der Waals surface area (Å²) in [5.74, 6) is 0.534. The maximum absolute atomic E-state index is 10.3. The van der Waals surface area contributed by atoms with E-state index in [9.17, 15) is 5.11 Å². The van der Waals surface area contributed by atoms with Crippen LogP contribution < -0.4 is 5.32 Å². The molecule has 0 heterocycles. The predicted molar refractivity (Wildman–Crippen MR) is 87.1 cm³/mol. The summed E-state index contributed by atoms with van der Waals surface area (Å²) in [6.07, 6.45) is 2.86. The Kier molecular flexibility index (Phi) is 6.70. The smallest absolute Gasteiger partial charge is 0.0914 e. The Bertz CT molecular complexity index is 371. The van der Waals surface area contributed by atoms with Crippen LogP contribution in [0.15, 0.2) is 24.3 Å². The first-order valence-electron chi connectivity index (χ1n) is 8.01. The first kappa shape index (κ1) is 17.2. The van der Waals surface area contributed by atoms with Gasteiger partial charge in [0.05, 0.1) is 6.10 Å². The lowest BCUT2D eigenvalue weighted by molar-refractivity contribution is 0.150. The van der Waals surface area contributed by atoms with Gasteiger partial charge < -0.3 is 10.4 Å². The highest BCUT2D eigenvalue weighted by atomic mass is 16.3. The fraction of sp³-hybridized carbons (Fsp3) is 0.667. The van der Waals surface area contributed by atoms with Crippen molar-refractivity contribution in [3.8, 4) is 0 Å². The predicted octanol–water partition coefficient (Wildman–Crippen LogP) is 4.40. The minimum Gasteiger partial charge on any atom is -0.387 e. The van der Waals surface area contributed by atoms with Crippen molar-refractivity contribution in [2.75, 3.05) is 6.54 Å². The van der Waals surface area contributed by atoms with E-state index in [1.807, 2.05) is 12.1 Å². The highest BCUT2D eigenvalue weighted by Crippen LogP contribution is 2.22. The van der Waals surface area contributed by atoms with E-state index in [-0.39, 0.29) is 5.54 Å². The molecular formula is C18H31NO. The molecule has 0 spiro atoms. The summed E-state index contributed by atoms with van der Waals surface area (Å²) in [6, 6.07) is 8.34. The van der Waals surface area contributed by atoms with Gasteiger partial charge in [-0.05, 0) is 36.3 Å². The number of aliphatic hydroxyl groups is 1. The van der Waals surface area contributed by atoms with E-state index < -0.39 is 6.10 Å². The van der Waals surface area contributed by atoms with E-state index in [0.717, 1.165) is 24.8 Å². The van der Waals surface area contributed by atoms with Crippen LogP contribution >= 0.6 is 0 Å². The summed E-state index contributed by atoms with van der Waals surface area (Å²) in [5, 5.41) is 13.9. The average molecular weight is 277 g/mol. The Hall–Kier alpha value is -0.860. The molecule has 0 aliphatic carbocycles. The lowest BCUT2D eigenvalue weighted by Crippen LogP contribution is -2.45. The van der Waals surface area contributed by atoms with Gasteiger partial charge in [0, 0.05) is 12.1 Å². The molecule has 1 unspecified atom stereocenters. The van der Waals surface area contributed by atoms with Gasteiger partial charge in [0.1, 0.15) is 0 Å². The lowest BCUT2D eigenvalue weighted by Gasteiger charge is -2.33. The Morgan fingerprint density at radius 1 is 0.950 bits per heavy atom. The van der Waals surface area contributed by atoms with Gasteiger partial charge in [-0.2, -0.15) is 0 Å². The third-order valence-corrected chi connectivity index (χ3v) is 4.69. The minimum absolute atomic E-state index is 0.166. The van der Waals surface area contributed by atoms with Gasteiger partial charge in [0.25, 0.3) is 0 Å². The van der Waals surface area contributed by atoms with Crippen molar-refractivity contribution in [1.82, 2.24) is 5.32 Å². The SMILES string of the molecule is CCC(CC)(CC)NCC(O)c1ccc(C(C)C)cc1. The van der Waals surface area contributed by atoms with Crippen LogP contribution in [-0.4, -0.2) is 17.2 Å². The zero-order valence-electron chi connectivity index (χ0n) is 13.7. The molecule has 0 bridgehead atoms. The number of rotatable bonds is 8.